The van der Waals surface area contributed by atoms with Crippen molar-refractivity contribution in [2.45, 2.75) is 19.8 Å². The van der Waals surface area contributed by atoms with Gasteiger partial charge in [-0.2, -0.15) is 0 Å². The first kappa shape index (κ1) is 13.3. The molecule has 0 saturated heterocycles. The zero-order chi connectivity index (χ0) is 14.1. The Kier molecular flexibility index (Phi) is 3.57. The fraction of sp³-hybridized carbons (Fsp3) is 0.375. The molecule has 0 amide bonds. The third-order valence-electron chi connectivity index (χ3n) is 4.01. The van der Waals surface area contributed by atoms with E-state index < -0.39 is 0 Å². The molecule has 20 heavy (non-hydrogen) atoms. The molecule has 1 heterocycles. The fourth-order valence-corrected chi connectivity index (χ4v) is 2.74. The molecule has 3 N–H and O–H groups in total. The zero-order valence-electron chi connectivity index (χ0n) is 11.6. The van der Waals surface area contributed by atoms with Crippen LogP contribution in [0.25, 0.3) is 10.9 Å². The number of nitrogens with zero attached hydrogens (tertiary/aromatic N) is 1. The van der Waals surface area contributed by atoms with Crippen LogP contribution in [0.1, 0.15) is 25.3 Å². The van der Waals surface area contributed by atoms with Gasteiger partial charge in [0.1, 0.15) is 10.8 Å². The summed E-state index contributed by atoms with van der Waals surface area (Å²) >= 11 is 5.16. The lowest BCUT2D eigenvalue weighted by Crippen LogP contribution is -2.15. The van der Waals surface area contributed by atoms with Crippen molar-refractivity contribution in [3.63, 3.8) is 0 Å². The van der Waals surface area contributed by atoms with E-state index in [1.165, 1.54) is 12.8 Å². The van der Waals surface area contributed by atoms with Crippen LogP contribution in [0.2, 0.25) is 0 Å². The van der Waals surface area contributed by atoms with E-state index in [0.717, 1.165) is 34.7 Å². The lowest BCUT2D eigenvalue weighted by molar-refractivity contribution is 0.536. The number of thiocarbonyl (C=S) groups is 1. The predicted molar refractivity (Wildman–Crippen MR) is 88.0 cm³/mol. The van der Waals surface area contributed by atoms with Gasteiger partial charge in [0, 0.05) is 17.5 Å². The third kappa shape index (κ3) is 2.75. The highest BCUT2D eigenvalue weighted by Gasteiger charge is 2.27. The molecule has 1 atom stereocenters. The molecular formula is C16H19N3S. The third-order valence-corrected chi connectivity index (χ3v) is 4.23. The minimum atomic E-state index is 0.418. The number of anilines is 1. The largest absolute Gasteiger partial charge is 0.389 e. The van der Waals surface area contributed by atoms with Gasteiger partial charge in [-0.3, -0.25) is 0 Å². The SMILES string of the molecule is CC(CNc1cc(C(N)=S)c2ccccc2n1)C1CC1. The summed E-state index contributed by atoms with van der Waals surface area (Å²) in [5.41, 5.74) is 7.66. The molecule has 4 heteroatoms. The van der Waals surface area contributed by atoms with Gasteiger partial charge in [-0.1, -0.05) is 37.3 Å². The highest BCUT2D eigenvalue weighted by atomic mass is 32.1. The van der Waals surface area contributed by atoms with Gasteiger partial charge in [-0.05, 0) is 36.8 Å². The second-order valence-electron chi connectivity index (χ2n) is 5.63. The normalized spacial score (nSPS) is 16.1. The van der Waals surface area contributed by atoms with Gasteiger partial charge in [0.05, 0.1) is 5.52 Å². The lowest BCUT2D eigenvalue weighted by Gasteiger charge is -2.14. The maximum Gasteiger partial charge on any atom is 0.127 e. The van der Waals surface area contributed by atoms with E-state index >= 15 is 0 Å². The molecule has 0 bridgehead atoms. The molecule has 3 rings (SSSR count). The molecule has 0 aliphatic heterocycles. The second kappa shape index (κ2) is 5.37. The van der Waals surface area contributed by atoms with E-state index in [0.29, 0.717) is 10.9 Å². The number of hydrogen-bond acceptors (Lipinski definition) is 3. The Bertz CT molecular complexity index is 649. The lowest BCUT2D eigenvalue weighted by atomic mass is 10.1. The van der Waals surface area contributed by atoms with Crippen molar-refractivity contribution >= 4 is 33.9 Å². The molecule has 104 valence electrons. The molecule has 1 aliphatic rings. The summed E-state index contributed by atoms with van der Waals surface area (Å²) in [5, 5.41) is 4.44. The van der Waals surface area contributed by atoms with Crippen molar-refractivity contribution in [2.75, 3.05) is 11.9 Å². The molecule has 1 aromatic carbocycles. The molecule has 1 unspecified atom stereocenters. The number of para-hydroxylation sites is 1. The fourth-order valence-electron chi connectivity index (χ4n) is 2.57. The van der Waals surface area contributed by atoms with Gasteiger partial charge >= 0.3 is 0 Å². The van der Waals surface area contributed by atoms with Crippen LogP contribution >= 0.6 is 12.2 Å². The molecule has 0 spiro atoms. The van der Waals surface area contributed by atoms with Gasteiger partial charge in [0.15, 0.2) is 0 Å². The van der Waals surface area contributed by atoms with Crippen molar-refractivity contribution < 1.29 is 0 Å². The number of hydrogen-bond donors (Lipinski definition) is 2. The maximum absolute atomic E-state index is 5.84. The molecule has 2 aromatic rings. The van der Waals surface area contributed by atoms with Gasteiger partial charge in [-0.15, -0.1) is 0 Å². The number of benzene rings is 1. The average molecular weight is 285 g/mol. The van der Waals surface area contributed by atoms with Crippen molar-refractivity contribution in [3.8, 4) is 0 Å². The summed E-state index contributed by atoms with van der Waals surface area (Å²) in [6.45, 7) is 3.24. The van der Waals surface area contributed by atoms with E-state index in [1.54, 1.807) is 0 Å². The number of rotatable bonds is 5. The highest BCUT2D eigenvalue weighted by molar-refractivity contribution is 7.80. The minimum absolute atomic E-state index is 0.418. The first-order chi connectivity index (χ1) is 9.65. The van der Waals surface area contributed by atoms with Crippen LogP contribution in [0, 0.1) is 11.8 Å². The minimum Gasteiger partial charge on any atom is -0.389 e. The summed E-state index contributed by atoms with van der Waals surface area (Å²) in [6, 6.07) is 9.92. The first-order valence-corrected chi connectivity index (χ1v) is 7.49. The molecule has 3 nitrogen and oxygen atoms in total. The summed E-state index contributed by atoms with van der Waals surface area (Å²) < 4.78 is 0. The summed E-state index contributed by atoms with van der Waals surface area (Å²) in [7, 11) is 0. The van der Waals surface area contributed by atoms with E-state index in [1.807, 2.05) is 30.3 Å². The van der Waals surface area contributed by atoms with E-state index in [-0.39, 0.29) is 0 Å². The smallest absolute Gasteiger partial charge is 0.127 e. The summed E-state index contributed by atoms with van der Waals surface area (Å²) in [6.07, 6.45) is 2.73. The second-order valence-corrected chi connectivity index (χ2v) is 6.07. The van der Waals surface area contributed by atoms with E-state index in [4.69, 9.17) is 18.0 Å². The Labute approximate surface area is 124 Å². The van der Waals surface area contributed by atoms with Gasteiger partial charge in [-0.25, -0.2) is 4.98 Å². The molecule has 1 aliphatic carbocycles. The summed E-state index contributed by atoms with van der Waals surface area (Å²) in [4.78, 5) is 5.06. The van der Waals surface area contributed by atoms with Gasteiger partial charge in [0.25, 0.3) is 0 Å². The molecule has 1 aromatic heterocycles. The zero-order valence-corrected chi connectivity index (χ0v) is 12.4. The molecule has 1 saturated carbocycles. The Hall–Kier alpha value is -1.68. The highest BCUT2D eigenvalue weighted by Crippen LogP contribution is 2.36. The monoisotopic (exact) mass is 285 g/mol. The Morgan fingerprint density at radius 2 is 2.20 bits per heavy atom. The molecule has 0 radical (unpaired) electrons. The van der Waals surface area contributed by atoms with E-state index in [9.17, 15) is 0 Å². The number of nitrogens with two attached hydrogens (primary N) is 1. The first-order valence-electron chi connectivity index (χ1n) is 7.08. The van der Waals surface area contributed by atoms with Crippen molar-refractivity contribution in [1.29, 1.82) is 0 Å². The van der Waals surface area contributed by atoms with Crippen LogP contribution < -0.4 is 11.1 Å². The quantitative estimate of drug-likeness (QED) is 0.827. The number of pyridine rings is 1. The Morgan fingerprint density at radius 1 is 1.45 bits per heavy atom. The Morgan fingerprint density at radius 3 is 2.90 bits per heavy atom. The van der Waals surface area contributed by atoms with E-state index in [2.05, 4.69) is 17.2 Å². The van der Waals surface area contributed by atoms with Crippen LogP contribution in [0.15, 0.2) is 30.3 Å². The number of fused-ring (bicyclic) bond motifs is 1. The van der Waals surface area contributed by atoms with Crippen LogP contribution in [-0.2, 0) is 0 Å². The van der Waals surface area contributed by atoms with Crippen molar-refractivity contribution in [3.05, 3.63) is 35.9 Å². The molecular weight excluding hydrogens is 266 g/mol. The van der Waals surface area contributed by atoms with Crippen LogP contribution in [0.4, 0.5) is 5.82 Å². The van der Waals surface area contributed by atoms with Gasteiger partial charge in [0.2, 0.25) is 0 Å². The summed E-state index contributed by atoms with van der Waals surface area (Å²) in [5.74, 6) is 2.44. The topological polar surface area (TPSA) is 50.9 Å². The van der Waals surface area contributed by atoms with Crippen LogP contribution in [0.3, 0.4) is 0 Å². The maximum atomic E-state index is 5.84. The Balaban J connectivity index is 1.88. The van der Waals surface area contributed by atoms with Crippen molar-refractivity contribution in [1.82, 2.24) is 4.98 Å². The number of aromatic nitrogens is 1. The number of nitrogens with one attached hydrogen (secondary N) is 1. The standard InChI is InChI=1S/C16H19N3S/c1-10(11-6-7-11)9-18-15-8-13(16(17)20)12-4-2-3-5-14(12)19-15/h2-5,8,10-11H,6-7,9H2,1H3,(H2,17,20)(H,18,19). The van der Waals surface area contributed by atoms with Crippen LogP contribution in [-0.4, -0.2) is 16.5 Å². The molecule has 1 fully saturated rings. The van der Waals surface area contributed by atoms with Crippen molar-refractivity contribution in [2.24, 2.45) is 17.6 Å². The van der Waals surface area contributed by atoms with Crippen LogP contribution in [0.5, 0.6) is 0 Å². The predicted octanol–water partition coefficient (Wildman–Crippen LogP) is 3.33. The van der Waals surface area contributed by atoms with Gasteiger partial charge < -0.3 is 11.1 Å². The average Bonchev–Trinajstić information content (AvgIpc) is 3.28.